The van der Waals surface area contributed by atoms with Crippen LogP contribution in [0.2, 0.25) is 5.15 Å². The lowest BCUT2D eigenvalue weighted by molar-refractivity contribution is 0.112. The number of nitrogens with one attached hydrogen (secondary N) is 1. The van der Waals surface area contributed by atoms with Crippen molar-refractivity contribution in [1.82, 2.24) is 4.98 Å². The fourth-order valence-electron chi connectivity index (χ4n) is 4.38. The first-order valence-corrected chi connectivity index (χ1v) is 11.9. The van der Waals surface area contributed by atoms with Crippen LogP contribution in [-0.2, 0) is 0 Å². The molecule has 0 fully saturated rings. The van der Waals surface area contributed by atoms with Gasteiger partial charge in [-0.05, 0) is 56.7 Å². The maximum atomic E-state index is 15.0. The monoisotopic (exact) mass is 508 g/mol. The first-order chi connectivity index (χ1) is 17.0. The van der Waals surface area contributed by atoms with Crippen LogP contribution in [0.4, 0.5) is 10.1 Å². The van der Waals surface area contributed by atoms with Gasteiger partial charge in [0.2, 0.25) is 0 Å². The second-order valence-electron chi connectivity index (χ2n) is 9.18. The summed E-state index contributed by atoms with van der Waals surface area (Å²) in [6, 6.07) is 9.27. The predicted octanol–water partition coefficient (Wildman–Crippen LogP) is 7.08. The van der Waals surface area contributed by atoms with Crippen LogP contribution in [-0.4, -0.2) is 16.4 Å². The molecule has 4 rings (SSSR count). The van der Waals surface area contributed by atoms with Crippen LogP contribution in [0, 0.1) is 19.7 Å². The van der Waals surface area contributed by atoms with Crippen molar-refractivity contribution in [2.75, 3.05) is 5.32 Å². The quantitative estimate of drug-likeness (QED) is 0.213. The van der Waals surface area contributed by atoms with Crippen molar-refractivity contribution in [2.45, 2.75) is 46.6 Å². The molecule has 1 unspecified atom stereocenters. The third-order valence-electron chi connectivity index (χ3n) is 6.18. The van der Waals surface area contributed by atoms with E-state index in [0.717, 1.165) is 11.1 Å². The lowest BCUT2D eigenvalue weighted by Gasteiger charge is -2.21. The first kappa shape index (κ1) is 25.4. The number of phenolic OH excluding ortho intramolecular Hbond substituents is 1. The number of fused-ring (bicyclic) bond motifs is 1. The van der Waals surface area contributed by atoms with Crippen molar-refractivity contribution in [3.63, 3.8) is 0 Å². The Morgan fingerprint density at radius 2 is 1.86 bits per heavy atom. The maximum Gasteiger partial charge on any atom is 0.195 e. The molecule has 0 aliphatic carbocycles. The molecular weight excluding hydrogens is 483 g/mol. The van der Waals surface area contributed by atoms with Crippen LogP contribution in [0.3, 0.4) is 0 Å². The zero-order chi connectivity index (χ0) is 26.3. The molecule has 6 nitrogen and oxygen atoms in total. The number of halogens is 2. The molecule has 2 aromatic carbocycles. The molecule has 0 radical (unpaired) electrons. The minimum atomic E-state index is -0.978. The number of nitrogens with zero attached hydrogens (tertiary/aromatic N) is 1. The van der Waals surface area contributed by atoms with Crippen molar-refractivity contribution in [1.29, 1.82) is 0 Å². The van der Waals surface area contributed by atoms with Gasteiger partial charge in [-0.2, -0.15) is 0 Å². The van der Waals surface area contributed by atoms with Gasteiger partial charge in [0.15, 0.2) is 23.3 Å². The van der Waals surface area contributed by atoms with E-state index >= 15 is 4.39 Å². The second kappa shape index (κ2) is 9.74. The van der Waals surface area contributed by atoms with E-state index in [-0.39, 0.29) is 39.4 Å². The summed E-state index contributed by atoms with van der Waals surface area (Å²) in [4.78, 5) is 28.5. The predicted molar refractivity (Wildman–Crippen MR) is 140 cm³/mol. The van der Waals surface area contributed by atoms with Crippen LogP contribution in [0.25, 0.3) is 22.2 Å². The van der Waals surface area contributed by atoms with Gasteiger partial charge in [-0.1, -0.05) is 31.5 Å². The number of benzene rings is 2. The van der Waals surface area contributed by atoms with Gasteiger partial charge in [0.1, 0.15) is 16.5 Å². The molecule has 8 heteroatoms. The average Bonchev–Trinajstić information content (AvgIpc) is 2.83. The van der Waals surface area contributed by atoms with E-state index in [4.69, 9.17) is 16.0 Å². The van der Waals surface area contributed by atoms with E-state index in [0.29, 0.717) is 34.3 Å². The van der Waals surface area contributed by atoms with Crippen LogP contribution < -0.4 is 10.7 Å². The van der Waals surface area contributed by atoms with Crippen molar-refractivity contribution in [3.8, 4) is 17.0 Å². The number of rotatable bonds is 6. The van der Waals surface area contributed by atoms with Crippen LogP contribution in [0.15, 0.2) is 45.6 Å². The zero-order valence-corrected chi connectivity index (χ0v) is 21.3. The minimum Gasteiger partial charge on any atom is -0.504 e. The van der Waals surface area contributed by atoms with Gasteiger partial charge in [0.05, 0.1) is 28.4 Å². The summed E-state index contributed by atoms with van der Waals surface area (Å²) >= 11 is 6.12. The first-order valence-electron chi connectivity index (χ1n) is 11.5. The summed E-state index contributed by atoms with van der Waals surface area (Å²) in [7, 11) is 0. The number of aromatic nitrogens is 1. The highest BCUT2D eigenvalue weighted by Gasteiger charge is 2.22. The molecule has 36 heavy (non-hydrogen) atoms. The van der Waals surface area contributed by atoms with Crippen LogP contribution >= 0.6 is 11.6 Å². The number of hydrogen-bond donors (Lipinski definition) is 2. The molecule has 0 spiro atoms. The molecular formula is C28H26ClFN2O4. The van der Waals surface area contributed by atoms with Crippen molar-refractivity contribution >= 4 is 34.5 Å². The molecule has 2 aromatic heterocycles. The lowest BCUT2D eigenvalue weighted by atomic mass is 9.98. The van der Waals surface area contributed by atoms with E-state index in [1.165, 1.54) is 12.1 Å². The van der Waals surface area contributed by atoms with Gasteiger partial charge in [-0.15, -0.1) is 0 Å². The SMILES string of the molecule is Cc1cc(C(C)Nc2ccc(Cl)nc2-c2ccc(C=O)c(O)c2F)c2oc(C(C)C)c(C)c(=O)c2c1. The number of aromatic hydroxyl groups is 1. The number of aryl methyl sites for hydroxylation is 1. The molecule has 0 aliphatic rings. The Bertz CT molecular complexity index is 1560. The zero-order valence-electron chi connectivity index (χ0n) is 20.6. The number of aldehydes is 1. The number of phenols is 1. The summed E-state index contributed by atoms with van der Waals surface area (Å²) in [6.07, 6.45) is 0.374. The minimum absolute atomic E-state index is 0.0198. The Morgan fingerprint density at radius 3 is 2.53 bits per heavy atom. The Hall–Kier alpha value is -3.71. The molecule has 0 aliphatic heterocycles. The largest absolute Gasteiger partial charge is 0.504 e. The van der Waals surface area contributed by atoms with Crippen LogP contribution in [0.1, 0.15) is 65.5 Å². The van der Waals surface area contributed by atoms with E-state index in [2.05, 4.69) is 10.3 Å². The molecule has 0 bridgehead atoms. The Balaban J connectivity index is 1.86. The smallest absolute Gasteiger partial charge is 0.195 e. The number of anilines is 1. The van der Waals surface area contributed by atoms with Gasteiger partial charge >= 0.3 is 0 Å². The third-order valence-corrected chi connectivity index (χ3v) is 6.39. The molecule has 0 saturated heterocycles. The standard InChI is InChI=1S/C28H26ClFN2O4/c1-13(2)27-15(4)25(34)20-11-14(3)10-19(28(20)36-27)16(5)31-21-8-9-22(29)32-24(21)18-7-6-17(12-33)26(35)23(18)30/h6-13,16,31,35H,1-5H3. The van der Waals surface area contributed by atoms with E-state index in [1.807, 2.05) is 39.8 Å². The number of hydrogen-bond acceptors (Lipinski definition) is 6. The normalized spacial score (nSPS) is 12.2. The fraction of sp³-hybridized carbons (Fsp3) is 0.250. The molecule has 2 heterocycles. The topological polar surface area (TPSA) is 92.4 Å². The van der Waals surface area contributed by atoms with Gasteiger partial charge in [0.25, 0.3) is 0 Å². The molecule has 0 amide bonds. The second-order valence-corrected chi connectivity index (χ2v) is 9.57. The van der Waals surface area contributed by atoms with Crippen molar-refractivity contribution in [3.05, 3.63) is 85.6 Å². The van der Waals surface area contributed by atoms with E-state index in [1.54, 1.807) is 19.1 Å². The molecule has 186 valence electrons. The maximum absolute atomic E-state index is 15.0. The van der Waals surface area contributed by atoms with Gasteiger partial charge in [-0.25, -0.2) is 9.37 Å². The molecule has 1 atom stereocenters. The Kier molecular flexibility index (Phi) is 6.87. The summed E-state index contributed by atoms with van der Waals surface area (Å²) < 4.78 is 21.3. The third kappa shape index (κ3) is 4.46. The Morgan fingerprint density at radius 1 is 1.14 bits per heavy atom. The number of carbonyl (C=O) groups excluding carboxylic acids is 1. The van der Waals surface area contributed by atoms with Crippen LogP contribution in [0.5, 0.6) is 5.75 Å². The fourth-order valence-corrected chi connectivity index (χ4v) is 4.53. The summed E-state index contributed by atoms with van der Waals surface area (Å²) in [5.41, 5.74) is 3.07. The summed E-state index contributed by atoms with van der Waals surface area (Å²) in [5, 5.41) is 14.1. The highest BCUT2D eigenvalue weighted by Crippen LogP contribution is 2.37. The van der Waals surface area contributed by atoms with Gasteiger partial charge in [-0.3, -0.25) is 9.59 Å². The summed E-state index contributed by atoms with van der Waals surface area (Å²) in [5.74, 6) is -1.08. The summed E-state index contributed by atoms with van der Waals surface area (Å²) in [6.45, 7) is 9.51. The van der Waals surface area contributed by atoms with Crippen molar-refractivity contribution in [2.24, 2.45) is 0 Å². The van der Waals surface area contributed by atoms with Gasteiger partial charge in [0, 0.05) is 22.6 Å². The molecule has 4 aromatic rings. The van der Waals surface area contributed by atoms with E-state index < -0.39 is 11.6 Å². The average molecular weight is 509 g/mol. The Labute approximate surface area is 212 Å². The number of pyridine rings is 1. The van der Waals surface area contributed by atoms with Gasteiger partial charge < -0.3 is 14.8 Å². The lowest BCUT2D eigenvalue weighted by Crippen LogP contribution is -2.14. The number of carbonyl (C=O) groups is 1. The van der Waals surface area contributed by atoms with E-state index in [9.17, 15) is 14.7 Å². The highest BCUT2D eigenvalue weighted by molar-refractivity contribution is 6.29. The molecule has 2 N–H and O–H groups in total. The molecule has 0 saturated carbocycles. The van der Waals surface area contributed by atoms with Crippen molar-refractivity contribution < 1.29 is 18.7 Å². The highest BCUT2D eigenvalue weighted by atomic mass is 35.5.